The Bertz CT molecular complexity index is 850. The molecule has 0 radical (unpaired) electrons. The molecule has 0 amide bonds. The second-order valence-corrected chi connectivity index (χ2v) is 5.50. The summed E-state index contributed by atoms with van der Waals surface area (Å²) in [6.07, 6.45) is -0.751. The minimum absolute atomic E-state index is 0.141. The minimum Gasteiger partial charge on any atom is -0.475 e. The molecule has 0 aliphatic heterocycles. The fourth-order valence-corrected chi connectivity index (χ4v) is 2.55. The lowest BCUT2D eigenvalue weighted by Gasteiger charge is -2.17. The molecule has 0 fully saturated rings. The lowest BCUT2D eigenvalue weighted by molar-refractivity contribution is -0.0570. The van der Waals surface area contributed by atoms with E-state index in [2.05, 4.69) is 0 Å². The second-order valence-electron chi connectivity index (χ2n) is 5.50. The SMILES string of the molecule is COC(Oc1ccc(-c2ccccc2)cc1)c1cc(C(=O)O)oc1C. The largest absolute Gasteiger partial charge is 0.475 e. The zero-order valence-electron chi connectivity index (χ0n) is 13.9. The van der Waals surface area contributed by atoms with Gasteiger partial charge in [0.05, 0.1) is 5.56 Å². The Kier molecular flexibility index (Phi) is 4.86. The van der Waals surface area contributed by atoms with Gasteiger partial charge in [0.25, 0.3) is 0 Å². The normalized spacial score (nSPS) is 11.9. The van der Waals surface area contributed by atoms with Crippen LogP contribution in [0.15, 0.2) is 65.1 Å². The number of carboxylic acids is 1. The van der Waals surface area contributed by atoms with Crippen molar-refractivity contribution in [2.75, 3.05) is 7.11 Å². The Labute approximate surface area is 145 Å². The number of furan rings is 1. The van der Waals surface area contributed by atoms with Gasteiger partial charge in [-0.1, -0.05) is 42.5 Å². The molecule has 1 aromatic heterocycles. The van der Waals surface area contributed by atoms with Gasteiger partial charge >= 0.3 is 5.97 Å². The molecular weight excluding hydrogens is 320 g/mol. The molecule has 0 saturated heterocycles. The smallest absolute Gasteiger partial charge is 0.371 e. The summed E-state index contributed by atoms with van der Waals surface area (Å²) in [5, 5.41) is 9.03. The van der Waals surface area contributed by atoms with Crippen LogP contribution in [0.1, 0.15) is 28.2 Å². The summed E-state index contributed by atoms with van der Waals surface area (Å²) in [6, 6.07) is 19.1. The van der Waals surface area contributed by atoms with Gasteiger partial charge in [-0.3, -0.25) is 0 Å². The summed E-state index contributed by atoms with van der Waals surface area (Å²) < 4.78 is 16.4. The number of ether oxygens (including phenoxy) is 2. The Balaban J connectivity index is 1.79. The van der Waals surface area contributed by atoms with Crippen LogP contribution in [0.3, 0.4) is 0 Å². The van der Waals surface area contributed by atoms with E-state index in [9.17, 15) is 4.79 Å². The molecular formula is C20H18O5. The van der Waals surface area contributed by atoms with Crippen LogP contribution in [0.4, 0.5) is 0 Å². The van der Waals surface area contributed by atoms with Crippen LogP contribution in [0.2, 0.25) is 0 Å². The van der Waals surface area contributed by atoms with Gasteiger partial charge in [-0.25, -0.2) is 4.79 Å². The number of aryl methyl sites for hydroxylation is 1. The fraction of sp³-hybridized carbons (Fsp3) is 0.150. The number of carboxylic acid groups (broad SMARTS) is 1. The topological polar surface area (TPSA) is 68.9 Å². The summed E-state index contributed by atoms with van der Waals surface area (Å²) in [6.45, 7) is 1.68. The van der Waals surface area contributed by atoms with Crippen LogP contribution in [-0.4, -0.2) is 18.2 Å². The van der Waals surface area contributed by atoms with Gasteiger partial charge in [-0.05, 0) is 30.2 Å². The molecule has 0 aliphatic rings. The van der Waals surface area contributed by atoms with Gasteiger partial charge in [0.15, 0.2) is 0 Å². The highest BCUT2D eigenvalue weighted by molar-refractivity contribution is 5.84. The van der Waals surface area contributed by atoms with Gasteiger partial charge in [0.1, 0.15) is 11.5 Å². The van der Waals surface area contributed by atoms with E-state index < -0.39 is 12.3 Å². The van der Waals surface area contributed by atoms with E-state index in [1.807, 2.05) is 54.6 Å². The maximum Gasteiger partial charge on any atom is 0.371 e. The molecule has 1 N–H and O–H groups in total. The number of benzene rings is 2. The number of carbonyl (C=O) groups is 1. The fourth-order valence-electron chi connectivity index (χ4n) is 2.55. The van der Waals surface area contributed by atoms with Gasteiger partial charge in [-0.15, -0.1) is 0 Å². The maximum atomic E-state index is 11.0. The van der Waals surface area contributed by atoms with E-state index in [0.717, 1.165) is 11.1 Å². The van der Waals surface area contributed by atoms with Crippen molar-refractivity contribution < 1.29 is 23.8 Å². The quantitative estimate of drug-likeness (QED) is 0.661. The van der Waals surface area contributed by atoms with E-state index in [-0.39, 0.29) is 5.76 Å². The molecule has 1 heterocycles. The predicted molar refractivity (Wildman–Crippen MR) is 92.7 cm³/mol. The Hall–Kier alpha value is -3.05. The first-order valence-electron chi connectivity index (χ1n) is 7.77. The van der Waals surface area contributed by atoms with Crippen molar-refractivity contribution in [2.24, 2.45) is 0 Å². The van der Waals surface area contributed by atoms with Crippen LogP contribution in [0.5, 0.6) is 5.75 Å². The number of methoxy groups -OCH3 is 1. The summed E-state index contributed by atoms with van der Waals surface area (Å²) in [7, 11) is 1.50. The first-order chi connectivity index (χ1) is 12.1. The zero-order valence-corrected chi connectivity index (χ0v) is 13.9. The first kappa shape index (κ1) is 16.8. The summed E-state index contributed by atoms with van der Waals surface area (Å²) in [5.41, 5.74) is 2.75. The van der Waals surface area contributed by atoms with Gasteiger partial charge in [0, 0.05) is 13.2 Å². The molecule has 0 saturated carbocycles. The monoisotopic (exact) mass is 338 g/mol. The number of hydrogen-bond donors (Lipinski definition) is 1. The maximum absolute atomic E-state index is 11.0. The molecule has 3 aromatic rings. The molecule has 1 unspecified atom stereocenters. The Morgan fingerprint density at radius 2 is 1.68 bits per heavy atom. The van der Waals surface area contributed by atoms with Crippen molar-refractivity contribution in [3.63, 3.8) is 0 Å². The highest BCUT2D eigenvalue weighted by Crippen LogP contribution is 2.29. The molecule has 0 bridgehead atoms. The second kappa shape index (κ2) is 7.23. The first-order valence-corrected chi connectivity index (χ1v) is 7.77. The Morgan fingerprint density at radius 3 is 2.24 bits per heavy atom. The van der Waals surface area contributed by atoms with Crippen molar-refractivity contribution in [3.05, 3.63) is 77.7 Å². The van der Waals surface area contributed by atoms with Gasteiger partial charge in [-0.2, -0.15) is 0 Å². The van der Waals surface area contributed by atoms with Crippen molar-refractivity contribution in [2.45, 2.75) is 13.2 Å². The van der Waals surface area contributed by atoms with Gasteiger partial charge in [0.2, 0.25) is 12.1 Å². The van der Waals surface area contributed by atoms with E-state index >= 15 is 0 Å². The average molecular weight is 338 g/mol. The number of aromatic carboxylic acids is 1. The number of hydrogen-bond acceptors (Lipinski definition) is 4. The van der Waals surface area contributed by atoms with Crippen molar-refractivity contribution in [1.29, 1.82) is 0 Å². The Morgan fingerprint density at radius 1 is 1.04 bits per heavy atom. The lowest BCUT2D eigenvalue weighted by atomic mass is 10.1. The van der Waals surface area contributed by atoms with E-state index in [4.69, 9.17) is 19.0 Å². The molecule has 5 heteroatoms. The van der Waals surface area contributed by atoms with Crippen molar-refractivity contribution in [3.8, 4) is 16.9 Å². The van der Waals surface area contributed by atoms with E-state index in [1.165, 1.54) is 13.2 Å². The third-order valence-electron chi connectivity index (χ3n) is 3.84. The highest BCUT2D eigenvalue weighted by Gasteiger charge is 2.22. The molecule has 25 heavy (non-hydrogen) atoms. The number of rotatable bonds is 6. The lowest BCUT2D eigenvalue weighted by Crippen LogP contribution is -2.10. The average Bonchev–Trinajstić information content (AvgIpc) is 3.03. The van der Waals surface area contributed by atoms with Crippen LogP contribution in [0, 0.1) is 6.92 Å². The molecule has 0 spiro atoms. The minimum atomic E-state index is -1.13. The summed E-state index contributed by atoms with van der Waals surface area (Å²) >= 11 is 0. The predicted octanol–water partition coefficient (Wildman–Crippen LogP) is 4.68. The third-order valence-corrected chi connectivity index (χ3v) is 3.84. The van der Waals surface area contributed by atoms with E-state index in [0.29, 0.717) is 17.1 Å². The standard InChI is InChI=1S/C20H18O5/c1-13-17(12-18(24-13)19(21)22)20(23-2)25-16-10-8-15(9-11-16)14-6-4-3-5-7-14/h3-12,20H,1-2H3,(H,21,22). The van der Waals surface area contributed by atoms with Crippen molar-refractivity contribution in [1.82, 2.24) is 0 Å². The van der Waals surface area contributed by atoms with Crippen LogP contribution in [-0.2, 0) is 4.74 Å². The van der Waals surface area contributed by atoms with E-state index in [1.54, 1.807) is 6.92 Å². The third kappa shape index (κ3) is 3.72. The molecule has 3 rings (SSSR count). The molecule has 128 valence electrons. The molecule has 5 nitrogen and oxygen atoms in total. The molecule has 0 aliphatic carbocycles. The van der Waals surface area contributed by atoms with Crippen LogP contribution >= 0.6 is 0 Å². The summed E-state index contributed by atoms with van der Waals surface area (Å²) in [5.74, 6) is -0.205. The van der Waals surface area contributed by atoms with Gasteiger partial charge < -0.3 is 19.0 Å². The van der Waals surface area contributed by atoms with Crippen LogP contribution < -0.4 is 4.74 Å². The zero-order chi connectivity index (χ0) is 17.8. The molecule has 2 aromatic carbocycles. The summed E-state index contributed by atoms with van der Waals surface area (Å²) in [4.78, 5) is 11.0. The van der Waals surface area contributed by atoms with Crippen molar-refractivity contribution >= 4 is 5.97 Å². The molecule has 1 atom stereocenters. The highest BCUT2D eigenvalue weighted by atomic mass is 16.7. The van der Waals surface area contributed by atoms with Crippen LogP contribution in [0.25, 0.3) is 11.1 Å².